The summed E-state index contributed by atoms with van der Waals surface area (Å²) < 4.78 is 13.1. The molecule has 166 valence electrons. The largest absolute Gasteiger partial charge is 0.487 e. The highest BCUT2D eigenvalue weighted by Gasteiger charge is 2.32. The summed E-state index contributed by atoms with van der Waals surface area (Å²) in [6.45, 7) is 8.31. The van der Waals surface area contributed by atoms with Gasteiger partial charge in [0.1, 0.15) is 16.9 Å². The second kappa shape index (κ2) is 7.59. The Morgan fingerprint density at radius 1 is 1.16 bits per heavy atom. The third-order valence-electron chi connectivity index (χ3n) is 5.79. The summed E-state index contributed by atoms with van der Waals surface area (Å²) in [6.07, 6.45) is 5.27. The highest BCUT2D eigenvalue weighted by Crippen LogP contribution is 2.42. The van der Waals surface area contributed by atoms with Gasteiger partial charge in [-0.1, -0.05) is 0 Å². The van der Waals surface area contributed by atoms with Crippen LogP contribution in [0.15, 0.2) is 30.7 Å². The molecule has 9 heteroatoms. The summed E-state index contributed by atoms with van der Waals surface area (Å²) >= 11 is 0. The Morgan fingerprint density at radius 2 is 1.94 bits per heavy atom. The molecular formula is C23H25N5O4. The van der Waals surface area contributed by atoms with Crippen LogP contribution >= 0.6 is 0 Å². The summed E-state index contributed by atoms with van der Waals surface area (Å²) in [6, 6.07) is 4.01. The number of nitrogens with one attached hydrogen (secondary N) is 1. The van der Waals surface area contributed by atoms with Crippen LogP contribution in [0.1, 0.15) is 47.1 Å². The number of carbonyl (C=O) groups excluding carboxylic acids is 2. The summed E-state index contributed by atoms with van der Waals surface area (Å²) in [5.41, 5.74) is 3.57. The lowest BCUT2D eigenvalue weighted by molar-refractivity contribution is 0.101. The van der Waals surface area contributed by atoms with E-state index in [1.807, 2.05) is 12.1 Å². The predicted octanol–water partition coefficient (Wildman–Crippen LogP) is 2.73. The van der Waals surface area contributed by atoms with Crippen LogP contribution in [0.25, 0.3) is 5.65 Å². The number of hydrogen-bond donors (Lipinski definition) is 1. The summed E-state index contributed by atoms with van der Waals surface area (Å²) in [5, 5.41) is 7.27. The number of nitrogens with zero attached hydrogens (tertiary/aromatic N) is 4. The quantitative estimate of drug-likeness (QED) is 0.629. The first-order chi connectivity index (χ1) is 15.3. The number of ether oxygens (including phenoxy) is 2. The Hall–Kier alpha value is -3.46. The van der Waals surface area contributed by atoms with Crippen molar-refractivity contribution in [3.8, 4) is 5.75 Å². The molecule has 1 fully saturated rings. The van der Waals surface area contributed by atoms with Gasteiger partial charge in [-0.3, -0.25) is 9.59 Å². The van der Waals surface area contributed by atoms with Crippen LogP contribution in [-0.4, -0.2) is 58.2 Å². The molecule has 0 radical (unpaired) electrons. The molecule has 0 aliphatic carbocycles. The molecule has 1 aromatic carbocycles. The van der Waals surface area contributed by atoms with Crippen molar-refractivity contribution < 1.29 is 19.1 Å². The minimum atomic E-state index is -0.310. The molecule has 3 aromatic rings. The molecule has 1 N–H and O–H groups in total. The third-order valence-corrected chi connectivity index (χ3v) is 5.79. The fourth-order valence-corrected chi connectivity index (χ4v) is 4.21. The minimum Gasteiger partial charge on any atom is -0.487 e. The number of hydrogen-bond acceptors (Lipinski definition) is 7. The van der Waals surface area contributed by atoms with E-state index in [9.17, 15) is 9.59 Å². The normalized spacial score (nSPS) is 17.2. The zero-order valence-corrected chi connectivity index (χ0v) is 18.3. The Balaban J connectivity index is 1.50. The number of Topliss-reactive ketones (excluding diaryl/α,β-unsaturated/α-hetero) is 1. The molecule has 9 nitrogen and oxygen atoms in total. The van der Waals surface area contributed by atoms with Crippen LogP contribution in [0.2, 0.25) is 0 Å². The van der Waals surface area contributed by atoms with E-state index in [0.29, 0.717) is 30.0 Å². The number of aromatic nitrogens is 3. The van der Waals surface area contributed by atoms with Crippen LogP contribution < -0.4 is 15.0 Å². The molecule has 0 atom stereocenters. The lowest BCUT2D eigenvalue weighted by atomic mass is 10.0. The Bertz CT molecular complexity index is 1230. The van der Waals surface area contributed by atoms with Crippen molar-refractivity contribution in [2.45, 2.75) is 32.8 Å². The Morgan fingerprint density at radius 3 is 2.69 bits per heavy atom. The first kappa shape index (κ1) is 20.4. The molecule has 2 aromatic heterocycles. The number of carbonyl (C=O) groups is 2. The fraction of sp³-hybridized carbons (Fsp3) is 0.391. The molecule has 32 heavy (non-hydrogen) atoms. The number of amides is 1. The summed E-state index contributed by atoms with van der Waals surface area (Å²) in [4.78, 5) is 31.3. The van der Waals surface area contributed by atoms with Crippen LogP contribution in [0, 0.1) is 0 Å². The van der Waals surface area contributed by atoms with Gasteiger partial charge in [0.15, 0.2) is 11.4 Å². The van der Waals surface area contributed by atoms with Gasteiger partial charge >= 0.3 is 0 Å². The number of anilines is 2. The molecule has 2 aliphatic rings. The van der Waals surface area contributed by atoms with Gasteiger partial charge in [-0.15, -0.1) is 0 Å². The second-order valence-corrected chi connectivity index (χ2v) is 8.79. The van der Waals surface area contributed by atoms with E-state index in [1.54, 1.807) is 6.20 Å². The van der Waals surface area contributed by atoms with Crippen molar-refractivity contribution in [1.82, 2.24) is 14.6 Å². The third kappa shape index (κ3) is 3.69. The molecule has 2 aliphatic heterocycles. The second-order valence-electron chi connectivity index (χ2n) is 8.79. The predicted molar refractivity (Wildman–Crippen MR) is 119 cm³/mol. The summed E-state index contributed by atoms with van der Waals surface area (Å²) in [5.74, 6) is 0.430. The fourth-order valence-electron chi connectivity index (χ4n) is 4.21. The van der Waals surface area contributed by atoms with Crippen LogP contribution in [0.5, 0.6) is 5.75 Å². The van der Waals surface area contributed by atoms with Crippen LogP contribution in [0.3, 0.4) is 0 Å². The van der Waals surface area contributed by atoms with Gasteiger partial charge in [-0.2, -0.15) is 5.10 Å². The molecule has 5 rings (SSSR count). The number of rotatable bonds is 4. The van der Waals surface area contributed by atoms with E-state index >= 15 is 0 Å². The maximum atomic E-state index is 13.2. The van der Waals surface area contributed by atoms with Crippen molar-refractivity contribution in [2.24, 2.45) is 0 Å². The van der Waals surface area contributed by atoms with E-state index in [1.165, 1.54) is 23.8 Å². The van der Waals surface area contributed by atoms with Gasteiger partial charge in [-0.25, -0.2) is 9.50 Å². The van der Waals surface area contributed by atoms with Crippen molar-refractivity contribution >= 4 is 28.7 Å². The number of benzene rings is 1. The Kier molecular flexibility index (Phi) is 4.85. The average Bonchev–Trinajstić information content (AvgIpc) is 3.32. The van der Waals surface area contributed by atoms with Gasteiger partial charge < -0.3 is 19.7 Å². The number of ketones is 1. The lowest BCUT2D eigenvalue weighted by Gasteiger charge is -2.31. The van der Waals surface area contributed by atoms with E-state index in [-0.39, 0.29) is 17.3 Å². The highest BCUT2D eigenvalue weighted by atomic mass is 16.5. The molecule has 0 bridgehead atoms. The molecular weight excluding hydrogens is 410 g/mol. The Labute approximate surface area is 185 Å². The molecule has 1 amide bonds. The zero-order chi connectivity index (χ0) is 22.5. The molecule has 0 unspecified atom stereocenters. The van der Waals surface area contributed by atoms with Gasteiger partial charge in [0, 0.05) is 43.5 Å². The smallest absolute Gasteiger partial charge is 0.261 e. The maximum absolute atomic E-state index is 13.2. The van der Waals surface area contributed by atoms with Crippen molar-refractivity contribution in [2.75, 3.05) is 36.5 Å². The topological polar surface area (TPSA) is 98.1 Å². The van der Waals surface area contributed by atoms with Crippen LogP contribution in [-0.2, 0) is 11.2 Å². The minimum absolute atomic E-state index is 0.112. The van der Waals surface area contributed by atoms with E-state index in [0.717, 1.165) is 42.2 Å². The summed E-state index contributed by atoms with van der Waals surface area (Å²) in [7, 11) is 0. The van der Waals surface area contributed by atoms with Crippen molar-refractivity contribution in [1.29, 1.82) is 0 Å². The lowest BCUT2D eigenvalue weighted by Crippen LogP contribution is -2.36. The number of fused-ring (bicyclic) bond motifs is 2. The maximum Gasteiger partial charge on any atom is 0.261 e. The molecule has 4 heterocycles. The van der Waals surface area contributed by atoms with E-state index in [4.69, 9.17) is 9.47 Å². The molecule has 0 saturated carbocycles. The van der Waals surface area contributed by atoms with Crippen molar-refractivity contribution in [3.05, 3.63) is 47.4 Å². The van der Waals surface area contributed by atoms with E-state index in [2.05, 4.69) is 34.1 Å². The zero-order valence-electron chi connectivity index (χ0n) is 18.3. The van der Waals surface area contributed by atoms with Gasteiger partial charge in [0.25, 0.3) is 5.91 Å². The van der Waals surface area contributed by atoms with Gasteiger partial charge in [0.2, 0.25) is 0 Å². The highest BCUT2D eigenvalue weighted by molar-refractivity contribution is 6.09. The first-order valence-corrected chi connectivity index (χ1v) is 10.6. The van der Waals surface area contributed by atoms with Gasteiger partial charge in [0.05, 0.1) is 36.3 Å². The monoisotopic (exact) mass is 435 g/mol. The first-order valence-electron chi connectivity index (χ1n) is 10.6. The van der Waals surface area contributed by atoms with E-state index < -0.39 is 0 Å². The SMILES string of the molecule is CC(=O)c1cnc2c(C(=O)Nc3cc4c(cc3N3CCOCC3)OC(C)(C)C4)cnn2c1. The molecule has 1 saturated heterocycles. The molecule has 0 spiro atoms. The standard InChI is InChI=1S/C23H25N5O4/c1-14(29)16-11-24-21-17(12-25-28(21)13-16)22(30)26-18-8-15-10-23(2,3)32-20(15)9-19(18)27-4-6-31-7-5-27/h8-9,11-13H,4-7,10H2,1-3H3,(H,26,30). The van der Waals surface area contributed by atoms with Gasteiger partial charge in [-0.05, 0) is 26.8 Å². The van der Waals surface area contributed by atoms with Crippen LogP contribution in [0.4, 0.5) is 11.4 Å². The van der Waals surface area contributed by atoms with Crippen molar-refractivity contribution in [3.63, 3.8) is 0 Å². The number of morpholine rings is 1. The average molecular weight is 435 g/mol.